The van der Waals surface area contributed by atoms with Crippen LogP contribution in [-0.2, 0) is 51.7 Å². The first kappa shape index (κ1) is 39.5. The zero-order valence-electron chi connectivity index (χ0n) is 30.4. The molecule has 15 nitrogen and oxygen atoms in total. The second kappa shape index (κ2) is 16.4. The molecule has 2 aromatic rings. The summed E-state index contributed by atoms with van der Waals surface area (Å²) >= 11 is 5.93. The molecule has 1 saturated carbocycles. The summed E-state index contributed by atoms with van der Waals surface area (Å²) in [5.41, 5.74) is -0.666. The number of fused-ring (bicyclic) bond motifs is 3. The van der Waals surface area contributed by atoms with Crippen LogP contribution >= 0.6 is 11.6 Å². The molecule has 4 heterocycles. The van der Waals surface area contributed by atoms with Gasteiger partial charge in [-0.25, -0.2) is 27.1 Å². The number of ether oxygens (including phenoxy) is 3. The van der Waals surface area contributed by atoms with Crippen molar-refractivity contribution in [2.75, 3.05) is 19.8 Å². The van der Waals surface area contributed by atoms with E-state index in [1.807, 2.05) is 6.08 Å². The van der Waals surface area contributed by atoms with Gasteiger partial charge in [0.2, 0.25) is 11.8 Å². The van der Waals surface area contributed by atoms with Gasteiger partial charge in [-0.3, -0.25) is 19.3 Å². The van der Waals surface area contributed by atoms with Crippen LogP contribution in [0.5, 0.6) is 0 Å². The fraction of sp³-hybridized carbons (Fsp3) is 0.500. The molecule has 0 bridgehead atoms. The van der Waals surface area contributed by atoms with Gasteiger partial charge in [0.15, 0.2) is 0 Å². The van der Waals surface area contributed by atoms with Crippen molar-refractivity contribution in [3.05, 3.63) is 76.6 Å². The SMILES string of the molecule is O=C(N[C@H]1CCCCC/C=C\[C@H]2C[C@@]2(C(=O)NS(=O)(=O)c2ccc(Cl)cc2)NC(=O)[C@@H]2C[C@@H](OC(=O)N3Cc4cccc(F)c4C3)CN2C1=O)OC1CCOC1. The van der Waals surface area contributed by atoms with E-state index < -0.39 is 81.5 Å². The minimum Gasteiger partial charge on any atom is -0.444 e. The zero-order valence-corrected chi connectivity index (χ0v) is 32.0. The van der Waals surface area contributed by atoms with Crippen molar-refractivity contribution < 1.29 is 51.0 Å². The molecule has 2 aromatic carbocycles. The van der Waals surface area contributed by atoms with Gasteiger partial charge in [0.05, 0.1) is 31.2 Å². The van der Waals surface area contributed by atoms with E-state index in [1.165, 1.54) is 40.1 Å². The minimum atomic E-state index is -4.37. The van der Waals surface area contributed by atoms with Crippen LogP contribution in [0.25, 0.3) is 0 Å². The van der Waals surface area contributed by atoms with E-state index in [0.29, 0.717) is 48.4 Å². The Morgan fingerprint density at radius 1 is 1.00 bits per heavy atom. The number of carbonyl (C=O) groups excluding carboxylic acids is 5. The lowest BCUT2D eigenvalue weighted by atomic mass is 10.0. The highest BCUT2D eigenvalue weighted by atomic mass is 35.5. The Labute approximate surface area is 328 Å². The number of hydrogen-bond acceptors (Lipinski definition) is 10. The number of sulfonamides is 1. The molecule has 7 rings (SSSR count). The summed E-state index contributed by atoms with van der Waals surface area (Å²) in [7, 11) is -4.37. The molecular weight excluding hydrogens is 773 g/mol. The summed E-state index contributed by atoms with van der Waals surface area (Å²) in [6.45, 7) is 0.524. The Bertz CT molecular complexity index is 2010. The van der Waals surface area contributed by atoms with Crippen LogP contribution in [0.2, 0.25) is 5.02 Å². The zero-order chi connectivity index (χ0) is 39.6. The number of hydrogen-bond donors (Lipinski definition) is 3. The molecule has 18 heteroatoms. The Kier molecular flexibility index (Phi) is 11.6. The molecule has 0 spiro atoms. The van der Waals surface area contributed by atoms with E-state index in [1.54, 1.807) is 18.2 Å². The number of halogens is 2. The Hall–Kier alpha value is -4.74. The number of nitrogens with one attached hydrogen (secondary N) is 3. The molecule has 6 atom stereocenters. The number of nitrogens with zero attached hydrogens (tertiary/aromatic N) is 2. The van der Waals surface area contributed by atoms with Crippen LogP contribution in [0.15, 0.2) is 59.5 Å². The highest BCUT2D eigenvalue weighted by Crippen LogP contribution is 2.46. The van der Waals surface area contributed by atoms with Crippen LogP contribution in [0, 0.1) is 11.7 Å². The van der Waals surface area contributed by atoms with Crippen LogP contribution in [-0.4, -0.2) is 97.7 Å². The Balaban J connectivity index is 1.13. The van der Waals surface area contributed by atoms with E-state index >= 15 is 0 Å². The molecule has 1 aliphatic carbocycles. The third-order valence-corrected chi connectivity index (χ3v) is 12.5. The molecule has 5 aliphatic rings. The average Bonchev–Trinajstić information content (AvgIpc) is 3.58. The number of rotatable bonds is 6. The van der Waals surface area contributed by atoms with E-state index in [4.69, 9.17) is 25.8 Å². The van der Waals surface area contributed by atoms with Crippen molar-refractivity contribution in [3.8, 4) is 0 Å². The summed E-state index contributed by atoms with van der Waals surface area (Å²) in [4.78, 5) is 71.4. The molecule has 3 fully saturated rings. The largest absolute Gasteiger partial charge is 0.444 e. The first-order valence-corrected chi connectivity index (χ1v) is 20.6. The molecule has 2 saturated heterocycles. The van der Waals surface area contributed by atoms with Crippen molar-refractivity contribution in [3.63, 3.8) is 0 Å². The molecule has 300 valence electrons. The van der Waals surface area contributed by atoms with Crippen molar-refractivity contribution in [2.24, 2.45) is 5.92 Å². The minimum absolute atomic E-state index is 0.0221. The highest BCUT2D eigenvalue weighted by Gasteiger charge is 2.61. The van der Waals surface area contributed by atoms with Crippen LogP contribution < -0.4 is 15.4 Å². The Morgan fingerprint density at radius 3 is 2.55 bits per heavy atom. The number of benzene rings is 2. The first-order chi connectivity index (χ1) is 26.8. The number of carbonyl (C=O) groups is 5. The quantitative estimate of drug-likeness (QED) is 0.363. The smallest absolute Gasteiger partial charge is 0.410 e. The van der Waals surface area contributed by atoms with Gasteiger partial charge in [-0.1, -0.05) is 48.7 Å². The van der Waals surface area contributed by atoms with Crippen molar-refractivity contribution in [1.82, 2.24) is 25.2 Å². The fourth-order valence-electron chi connectivity index (χ4n) is 7.71. The standard InChI is InChI=1S/C38H43ClFN5O10S/c39-25-11-13-28(14-12-25)56(51,52)43-35(48)38-18-24(38)8-4-2-1-3-5-10-31(41-36(49)54-26-15-16-53-22-26)34(47)45-20-27(17-32(45)33(46)42-38)55-37(50)44-19-23-7-6-9-30(40)29(23)21-44/h4,6-9,11-14,24,26-27,31-32H,1-3,5,10,15-22H2,(H,41,49)(H,42,46)(H,43,48)/b8-4-/t24-,26?,27+,31-,32-,38+/m0/s1. The van der Waals surface area contributed by atoms with Crippen molar-refractivity contribution in [1.29, 1.82) is 0 Å². The summed E-state index contributed by atoms with van der Waals surface area (Å²) < 4.78 is 59.7. The summed E-state index contributed by atoms with van der Waals surface area (Å²) in [5.74, 6) is -3.36. The predicted octanol–water partition coefficient (Wildman–Crippen LogP) is 3.68. The van der Waals surface area contributed by atoms with Gasteiger partial charge in [0, 0.05) is 35.9 Å². The molecule has 0 radical (unpaired) electrons. The topological polar surface area (TPSA) is 190 Å². The van der Waals surface area contributed by atoms with E-state index in [9.17, 15) is 36.8 Å². The van der Waals surface area contributed by atoms with Gasteiger partial charge in [-0.05, 0) is 61.6 Å². The van der Waals surface area contributed by atoms with E-state index in [-0.39, 0.29) is 50.4 Å². The number of alkyl carbamates (subject to hydrolysis) is 1. The maximum absolute atomic E-state index is 14.5. The second-order valence-corrected chi connectivity index (χ2v) is 16.9. The van der Waals surface area contributed by atoms with Gasteiger partial charge in [-0.15, -0.1) is 0 Å². The molecule has 3 N–H and O–H groups in total. The molecular formula is C38H43ClFN5O10S. The number of allylic oxidation sites excluding steroid dienone is 1. The lowest BCUT2D eigenvalue weighted by molar-refractivity contribution is -0.141. The predicted molar refractivity (Wildman–Crippen MR) is 197 cm³/mol. The van der Waals surface area contributed by atoms with Gasteiger partial charge in [0.1, 0.15) is 35.6 Å². The average molecular weight is 816 g/mol. The van der Waals surface area contributed by atoms with Crippen molar-refractivity contribution >= 4 is 51.5 Å². The van der Waals surface area contributed by atoms with E-state index in [0.717, 1.165) is 6.42 Å². The highest BCUT2D eigenvalue weighted by molar-refractivity contribution is 7.90. The van der Waals surface area contributed by atoms with Gasteiger partial charge < -0.3 is 29.7 Å². The van der Waals surface area contributed by atoms with Crippen LogP contribution in [0.3, 0.4) is 0 Å². The first-order valence-electron chi connectivity index (χ1n) is 18.7. The third-order valence-electron chi connectivity index (χ3n) is 10.9. The second-order valence-electron chi connectivity index (χ2n) is 14.8. The summed E-state index contributed by atoms with van der Waals surface area (Å²) in [6, 6.07) is 7.41. The van der Waals surface area contributed by atoms with Gasteiger partial charge in [0.25, 0.3) is 15.9 Å². The maximum atomic E-state index is 14.5. The van der Waals surface area contributed by atoms with Gasteiger partial charge in [-0.2, -0.15) is 0 Å². The van der Waals surface area contributed by atoms with E-state index in [2.05, 4.69) is 15.4 Å². The molecule has 5 amide bonds. The summed E-state index contributed by atoms with van der Waals surface area (Å²) in [6.07, 6.45) is 3.82. The molecule has 56 heavy (non-hydrogen) atoms. The Morgan fingerprint density at radius 2 is 1.80 bits per heavy atom. The lowest BCUT2D eigenvalue weighted by Gasteiger charge is -2.30. The van der Waals surface area contributed by atoms with Crippen LogP contribution in [0.1, 0.15) is 62.5 Å². The lowest BCUT2D eigenvalue weighted by Crippen LogP contribution is -2.58. The normalized spacial score (nSPS) is 28.4. The van der Waals surface area contributed by atoms with Crippen molar-refractivity contribution in [2.45, 2.75) is 99.2 Å². The van der Waals surface area contributed by atoms with Crippen LogP contribution in [0.4, 0.5) is 14.0 Å². The third kappa shape index (κ3) is 8.64. The maximum Gasteiger partial charge on any atom is 0.410 e. The van der Waals surface area contributed by atoms with Gasteiger partial charge >= 0.3 is 12.2 Å². The number of amides is 5. The summed E-state index contributed by atoms with van der Waals surface area (Å²) in [5, 5.41) is 5.74. The molecule has 1 unspecified atom stereocenters. The fourth-order valence-corrected chi connectivity index (χ4v) is 8.88. The molecule has 4 aliphatic heterocycles. The molecule has 0 aromatic heterocycles. The monoisotopic (exact) mass is 815 g/mol.